The molecule has 0 spiro atoms. The molecule has 0 aromatic rings. The molecule has 72 valence electrons. The number of aliphatic hydroxyl groups is 1. The van der Waals surface area contributed by atoms with E-state index in [0.717, 1.165) is 23.9 Å². The first-order valence-corrected chi connectivity index (χ1v) is 4.46. The maximum absolute atomic E-state index is 10.7. The molecule has 0 aromatic carbocycles. The zero-order valence-electron chi connectivity index (χ0n) is 8.21. The molecule has 1 N–H and O–H groups in total. The summed E-state index contributed by atoms with van der Waals surface area (Å²) in [7, 11) is 0. The van der Waals surface area contributed by atoms with Gasteiger partial charge in [-0.2, -0.15) is 0 Å². The van der Waals surface area contributed by atoms with Gasteiger partial charge >= 0.3 is 0 Å². The van der Waals surface area contributed by atoms with E-state index in [2.05, 4.69) is 20.4 Å². The van der Waals surface area contributed by atoms with Crippen molar-refractivity contribution >= 4 is 6.29 Å². The molecule has 1 aliphatic rings. The maximum atomic E-state index is 10.7. The van der Waals surface area contributed by atoms with E-state index in [1.54, 1.807) is 0 Å². The average molecular weight is 180 g/mol. The van der Waals surface area contributed by atoms with E-state index in [1.165, 1.54) is 0 Å². The van der Waals surface area contributed by atoms with Gasteiger partial charge in [0.15, 0.2) is 0 Å². The van der Waals surface area contributed by atoms with Crippen LogP contribution in [0, 0.1) is 11.3 Å². The summed E-state index contributed by atoms with van der Waals surface area (Å²) in [5.41, 5.74) is 1.83. The third-order valence-corrected chi connectivity index (χ3v) is 2.71. The Morgan fingerprint density at radius 2 is 2.38 bits per heavy atom. The molecule has 0 saturated heterocycles. The van der Waals surface area contributed by atoms with Crippen molar-refractivity contribution in [1.82, 2.24) is 0 Å². The molecule has 1 atom stereocenters. The van der Waals surface area contributed by atoms with Crippen molar-refractivity contribution in [2.75, 3.05) is 6.61 Å². The van der Waals surface area contributed by atoms with E-state index in [0.29, 0.717) is 0 Å². The molecule has 0 saturated carbocycles. The van der Waals surface area contributed by atoms with Gasteiger partial charge in [-0.05, 0) is 17.4 Å². The van der Waals surface area contributed by atoms with E-state index in [4.69, 9.17) is 5.11 Å². The monoisotopic (exact) mass is 180 g/mol. The van der Waals surface area contributed by atoms with Gasteiger partial charge in [-0.3, -0.25) is 0 Å². The number of carbonyl (C=O) groups excluding carboxylic acids is 1. The Bertz CT molecular complexity index is 261. The van der Waals surface area contributed by atoms with Crippen LogP contribution in [0.4, 0.5) is 0 Å². The summed E-state index contributed by atoms with van der Waals surface area (Å²) in [6, 6.07) is 0. The second-order valence-electron chi connectivity index (χ2n) is 4.23. The number of carbonyl (C=O) groups is 1. The number of hydrogen-bond acceptors (Lipinski definition) is 2. The summed E-state index contributed by atoms with van der Waals surface area (Å²) < 4.78 is 0. The van der Waals surface area contributed by atoms with Gasteiger partial charge in [0.25, 0.3) is 0 Å². The second kappa shape index (κ2) is 3.46. The largest absolute Gasteiger partial charge is 0.392 e. The van der Waals surface area contributed by atoms with Crippen molar-refractivity contribution in [3.8, 4) is 0 Å². The standard InChI is InChI=1S/C11H16O2/c1-8-5-11(2,3)10(7-13)4-9(8)6-12/h4,6,9,13H,1,5,7H2,2-3H3. The predicted molar refractivity (Wildman–Crippen MR) is 52.3 cm³/mol. The van der Waals surface area contributed by atoms with Crippen molar-refractivity contribution in [2.45, 2.75) is 20.3 Å². The van der Waals surface area contributed by atoms with E-state index in [-0.39, 0.29) is 17.9 Å². The minimum atomic E-state index is -0.199. The highest BCUT2D eigenvalue weighted by atomic mass is 16.3. The van der Waals surface area contributed by atoms with Gasteiger partial charge in [-0.15, -0.1) is 0 Å². The first-order chi connectivity index (χ1) is 6.01. The molecular weight excluding hydrogens is 164 g/mol. The van der Waals surface area contributed by atoms with Crippen molar-refractivity contribution in [2.24, 2.45) is 11.3 Å². The van der Waals surface area contributed by atoms with Gasteiger partial charge in [0.1, 0.15) is 6.29 Å². The average Bonchev–Trinajstić information content (AvgIpc) is 2.03. The lowest BCUT2D eigenvalue weighted by atomic mass is 9.71. The minimum absolute atomic E-state index is 0.0324. The molecule has 1 aliphatic carbocycles. The Hall–Kier alpha value is -0.890. The van der Waals surface area contributed by atoms with Crippen LogP contribution in [0.25, 0.3) is 0 Å². The number of hydrogen-bond donors (Lipinski definition) is 1. The normalized spacial score (nSPS) is 26.8. The number of allylic oxidation sites excluding steroid dienone is 2. The summed E-state index contributed by atoms with van der Waals surface area (Å²) >= 11 is 0. The molecule has 0 heterocycles. The Morgan fingerprint density at radius 3 is 2.85 bits per heavy atom. The van der Waals surface area contributed by atoms with Crippen molar-refractivity contribution in [3.63, 3.8) is 0 Å². The van der Waals surface area contributed by atoms with Crippen LogP contribution in [0.3, 0.4) is 0 Å². The van der Waals surface area contributed by atoms with Crippen molar-refractivity contribution in [3.05, 3.63) is 23.8 Å². The highest BCUT2D eigenvalue weighted by Gasteiger charge is 2.30. The predicted octanol–water partition coefficient (Wildman–Crippen LogP) is 1.71. The Labute approximate surface area is 79.0 Å². The van der Waals surface area contributed by atoms with E-state index >= 15 is 0 Å². The molecule has 1 unspecified atom stereocenters. The minimum Gasteiger partial charge on any atom is -0.392 e. The summed E-state index contributed by atoms with van der Waals surface area (Å²) in [4.78, 5) is 10.7. The number of rotatable bonds is 2. The van der Waals surface area contributed by atoms with Crippen LogP contribution >= 0.6 is 0 Å². The Kier molecular flexibility index (Phi) is 2.71. The zero-order chi connectivity index (χ0) is 10.1. The lowest BCUT2D eigenvalue weighted by Crippen LogP contribution is -2.26. The fourth-order valence-corrected chi connectivity index (χ4v) is 1.76. The first-order valence-electron chi connectivity index (χ1n) is 4.46. The van der Waals surface area contributed by atoms with Crippen molar-refractivity contribution < 1.29 is 9.90 Å². The van der Waals surface area contributed by atoms with Crippen LogP contribution in [-0.4, -0.2) is 18.0 Å². The molecular formula is C11H16O2. The molecule has 2 heteroatoms. The molecule has 0 aromatic heterocycles. The van der Waals surface area contributed by atoms with Crippen molar-refractivity contribution in [1.29, 1.82) is 0 Å². The molecule has 13 heavy (non-hydrogen) atoms. The van der Waals surface area contributed by atoms with E-state index < -0.39 is 0 Å². The molecule has 0 radical (unpaired) electrons. The van der Waals surface area contributed by atoms with Crippen LogP contribution in [-0.2, 0) is 4.79 Å². The van der Waals surface area contributed by atoms with E-state index in [9.17, 15) is 4.79 Å². The fourth-order valence-electron chi connectivity index (χ4n) is 1.76. The van der Waals surface area contributed by atoms with Gasteiger partial charge in [0.2, 0.25) is 0 Å². The lowest BCUT2D eigenvalue weighted by molar-refractivity contribution is -0.109. The van der Waals surface area contributed by atoms with Gasteiger partial charge in [-0.1, -0.05) is 32.1 Å². The van der Waals surface area contributed by atoms with Gasteiger partial charge in [0.05, 0.1) is 12.5 Å². The summed E-state index contributed by atoms with van der Waals surface area (Å²) in [5.74, 6) is -0.199. The lowest BCUT2D eigenvalue weighted by Gasteiger charge is -2.34. The van der Waals surface area contributed by atoms with Crippen LogP contribution < -0.4 is 0 Å². The van der Waals surface area contributed by atoms with Crippen LogP contribution in [0.1, 0.15) is 20.3 Å². The van der Waals surface area contributed by atoms with Crippen LogP contribution in [0.5, 0.6) is 0 Å². The summed E-state index contributed by atoms with van der Waals surface area (Å²) in [6.45, 7) is 8.02. The van der Waals surface area contributed by atoms with Gasteiger partial charge in [-0.25, -0.2) is 0 Å². The molecule has 0 bridgehead atoms. The molecule has 0 aliphatic heterocycles. The molecule has 1 rings (SSSR count). The summed E-state index contributed by atoms with van der Waals surface area (Å²) in [6.07, 6.45) is 3.49. The zero-order valence-corrected chi connectivity index (χ0v) is 8.21. The molecule has 0 fully saturated rings. The topological polar surface area (TPSA) is 37.3 Å². The van der Waals surface area contributed by atoms with Gasteiger partial charge in [0, 0.05) is 0 Å². The number of aldehydes is 1. The van der Waals surface area contributed by atoms with E-state index in [1.807, 2.05) is 6.08 Å². The second-order valence-corrected chi connectivity index (χ2v) is 4.23. The molecule has 0 amide bonds. The fraction of sp³-hybridized carbons (Fsp3) is 0.545. The van der Waals surface area contributed by atoms with Crippen LogP contribution in [0.2, 0.25) is 0 Å². The highest BCUT2D eigenvalue weighted by molar-refractivity contribution is 5.63. The Morgan fingerprint density at radius 1 is 1.77 bits per heavy atom. The highest BCUT2D eigenvalue weighted by Crippen LogP contribution is 2.40. The summed E-state index contributed by atoms with van der Waals surface area (Å²) in [5, 5.41) is 9.11. The maximum Gasteiger partial charge on any atom is 0.130 e. The number of aliphatic hydroxyl groups excluding tert-OH is 1. The third-order valence-electron chi connectivity index (χ3n) is 2.71. The Balaban J connectivity index is 3.02. The quantitative estimate of drug-likeness (QED) is 0.519. The first kappa shape index (κ1) is 10.2. The molecule has 2 nitrogen and oxygen atoms in total. The van der Waals surface area contributed by atoms with Gasteiger partial charge < -0.3 is 9.90 Å². The smallest absolute Gasteiger partial charge is 0.130 e. The van der Waals surface area contributed by atoms with Crippen LogP contribution in [0.15, 0.2) is 23.8 Å². The third kappa shape index (κ3) is 1.89. The SMILES string of the molecule is C=C1CC(C)(C)C(CO)=CC1C=O.